The Hall–Kier alpha value is -0.880. The molecule has 0 radical (unpaired) electrons. The summed E-state index contributed by atoms with van der Waals surface area (Å²) < 4.78 is 1.94. The summed E-state index contributed by atoms with van der Waals surface area (Å²) >= 11 is 3.11. The van der Waals surface area contributed by atoms with Gasteiger partial charge in [0.1, 0.15) is 0 Å². The van der Waals surface area contributed by atoms with Crippen LogP contribution in [0.5, 0.6) is 0 Å². The van der Waals surface area contributed by atoms with Crippen molar-refractivity contribution >= 4 is 15.9 Å². The molecule has 1 unspecified atom stereocenters. The van der Waals surface area contributed by atoms with Gasteiger partial charge in [0, 0.05) is 12.7 Å². The highest BCUT2D eigenvalue weighted by molar-refractivity contribution is 9.10. The van der Waals surface area contributed by atoms with Gasteiger partial charge in [0.25, 0.3) is 5.56 Å². The molecular weight excluding hydrogens is 262 g/mol. The topological polar surface area (TPSA) is 66.9 Å². The zero-order valence-corrected chi connectivity index (χ0v) is 9.71. The van der Waals surface area contributed by atoms with Crippen LogP contribution in [0.1, 0.15) is 6.42 Å². The molecule has 0 aromatic carbocycles. The fraction of sp³-hybridized carbons (Fsp3) is 0.556. The van der Waals surface area contributed by atoms with Gasteiger partial charge in [-0.15, -0.1) is 0 Å². The quantitative estimate of drug-likeness (QED) is 0.792. The van der Waals surface area contributed by atoms with Crippen LogP contribution in [-0.4, -0.2) is 22.6 Å². The molecule has 1 aliphatic heterocycles. The second kappa shape index (κ2) is 4.32. The standard InChI is InChI=1S/C9H12BrN3O2/c10-7-5-13(9(15)12-8(7)14)4-6-1-2-11-3-6/h5-6,11H,1-4H2,(H,12,14,15). The van der Waals surface area contributed by atoms with Crippen molar-refractivity contribution in [3.63, 3.8) is 0 Å². The third-order valence-electron chi connectivity index (χ3n) is 2.58. The molecule has 0 spiro atoms. The first kappa shape index (κ1) is 10.6. The molecular formula is C9H12BrN3O2. The molecule has 0 saturated carbocycles. The maximum Gasteiger partial charge on any atom is 0.328 e. The van der Waals surface area contributed by atoms with Crippen LogP contribution < -0.4 is 16.6 Å². The Morgan fingerprint density at radius 2 is 2.33 bits per heavy atom. The van der Waals surface area contributed by atoms with Gasteiger partial charge >= 0.3 is 5.69 Å². The minimum atomic E-state index is -0.374. The maximum atomic E-state index is 11.4. The van der Waals surface area contributed by atoms with Crippen molar-refractivity contribution < 1.29 is 0 Å². The van der Waals surface area contributed by atoms with Crippen molar-refractivity contribution in [2.24, 2.45) is 5.92 Å². The lowest BCUT2D eigenvalue weighted by atomic mass is 10.1. The number of halogens is 1. The number of rotatable bonds is 2. The summed E-state index contributed by atoms with van der Waals surface area (Å²) in [7, 11) is 0. The van der Waals surface area contributed by atoms with E-state index >= 15 is 0 Å². The van der Waals surface area contributed by atoms with Gasteiger partial charge in [0.05, 0.1) is 4.47 Å². The molecule has 1 aromatic rings. The summed E-state index contributed by atoms with van der Waals surface area (Å²) in [6.07, 6.45) is 2.63. The Morgan fingerprint density at radius 1 is 1.53 bits per heavy atom. The van der Waals surface area contributed by atoms with Gasteiger partial charge in [-0.05, 0) is 41.4 Å². The molecule has 0 aliphatic carbocycles. The predicted octanol–water partition coefficient (Wildman–Crippen LogP) is -0.0914. The van der Waals surface area contributed by atoms with Gasteiger partial charge in [-0.3, -0.25) is 14.3 Å². The summed E-state index contributed by atoms with van der Waals surface area (Å²) in [5.41, 5.74) is -0.712. The SMILES string of the molecule is O=c1[nH]c(=O)n(CC2CCNC2)cc1Br. The van der Waals surface area contributed by atoms with Gasteiger partial charge in [0.2, 0.25) is 0 Å². The van der Waals surface area contributed by atoms with E-state index in [2.05, 4.69) is 26.2 Å². The summed E-state index contributed by atoms with van der Waals surface area (Å²) in [6, 6.07) is 0. The van der Waals surface area contributed by atoms with Crippen LogP contribution in [-0.2, 0) is 6.54 Å². The van der Waals surface area contributed by atoms with Crippen LogP contribution in [0.15, 0.2) is 20.3 Å². The highest BCUT2D eigenvalue weighted by Gasteiger charge is 2.15. The summed E-state index contributed by atoms with van der Waals surface area (Å²) in [4.78, 5) is 24.8. The van der Waals surface area contributed by atoms with E-state index in [0.717, 1.165) is 19.5 Å². The highest BCUT2D eigenvalue weighted by atomic mass is 79.9. The minimum Gasteiger partial charge on any atom is -0.316 e. The largest absolute Gasteiger partial charge is 0.328 e. The van der Waals surface area contributed by atoms with Crippen molar-refractivity contribution in [1.29, 1.82) is 0 Å². The number of hydrogen-bond acceptors (Lipinski definition) is 3. The average Bonchev–Trinajstić information content (AvgIpc) is 2.67. The maximum absolute atomic E-state index is 11.4. The van der Waals surface area contributed by atoms with E-state index < -0.39 is 0 Å². The molecule has 0 bridgehead atoms. The first-order valence-electron chi connectivity index (χ1n) is 4.87. The monoisotopic (exact) mass is 273 g/mol. The van der Waals surface area contributed by atoms with Gasteiger partial charge in [0.15, 0.2) is 0 Å². The molecule has 82 valence electrons. The zero-order chi connectivity index (χ0) is 10.8. The average molecular weight is 274 g/mol. The van der Waals surface area contributed by atoms with Crippen LogP contribution >= 0.6 is 15.9 Å². The third-order valence-corrected chi connectivity index (χ3v) is 3.15. The predicted molar refractivity (Wildman–Crippen MR) is 60.0 cm³/mol. The van der Waals surface area contributed by atoms with Crippen molar-refractivity contribution in [2.75, 3.05) is 13.1 Å². The van der Waals surface area contributed by atoms with Crippen molar-refractivity contribution in [1.82, 2.24) is 14.9 Å². The number of aromatic nitrogens is 2. The lowest BCUT2D eigenvalue weighted by Crippen LogP contribution is -2.32. The van der Waals surface area contributed by atoms with E-state index in [1.165, 1.54) is 0 Å². The van der Waals surface area contributed by atoms with Crippen LogP contribution in [0.3, 0.4) is 0 Å². The first-order valence-corrected chi connectivity index (χ1v) is 5.66. The Morgan fingerprint density at radius 3 is 3.00 bits per heavy atom. The molecule has 2 rings (SSSR count). The molecule has 5 nitrogen and oxygen atoms in total. The molecule has 2 N–H and O–H groups in total. The van der Waals surface area contributed by atoms with E-state index in [9.17, 15) is 9.59 Å². The molecule has 1 aromatic heterocycles. The lowest BCUT2D eigenvalue weighted by molar-refractivity contribution is 0.464. The molecule has 1 aliphatic rings. The number of nitrogens with zero attached hydrogens (tertiary/aromatic N) is 1. The van der Waals surface area contributed by atoms with Crippen LogP contribution in [0.25, 0.3) is 0 Å². The van der Waals surface area contributed by atoms with Crippen LogP contribution in [0, 0.1) is 5.92 Å². The molecule has 15 heavy (non-hydrogen) atoms. The molecule has 1 atom stereocenters. The van der Waals surface area contributed by atoms with E-state index in [4.69, 9.17) is 0 Å². The fourth-order valence-electron chi connectivity index (χ4n) is 1.77. The summed E-state index contributed by atoms with van der Waals surface area (Å²) in [5.74, 6) is 0.473. The number of hydrogen-bond donors (Lipinski definition) is 2. The fourth-order valence-corrected chi connectivity index (χ4v) is 2.11. The van der Waals surface area contributed by atoms with Crippen LogP contribution in [0.2, 0.25) is 0 Å². The zero-order valence-electron chi connectivity index (χ0n) is 8.12. The van der Waals surface area contributed by atoms with Crippen molar-refractivity contribution in [3.05, 3.63) is 31.5 Å². The summed E-state index contributed by atoms with van der Waals surface area (Å²) in [5, 5.41) is 3.24. The lowest BCUT2D eigenvalue weighted by Gasteiger charge is -2.10. The van der Waals surface area contributed by atoms with Gasteiger partial charge in [-0.1, -0.05) is 0 Å². The van der Waals surface area contributed by atoms with Crippen LogP contribution in [0.4, 0.5) is 0 Å². The smallest absolute Gasteiger partial charge is 0.316 e. The van der Waals surface area contributed by atoms with Gasteiger partial charge in [-0.2, -0.15) is 0 Å². The van der Waals surface area contributed by atoms with Crippen molar-refractivity contribution in [3.8, 4) is 0 Å². The Balaban J connectivity index is 2.24. The molecule has 1 saturated heterocycles. The Labute approximate surface area is 94.6 Å². The van der Waals surface area contributed by atoms with Gasteiger partial charge in [-0.25, -0.2) is 4.79 Å². The summed E-state index contributed by atoms with van der Waals surface area (Å²) in [6.45, 7) is 2.59. The molecule has 1 fully saturated rings. The number of aromatic amines is 1. The number of nitrogens with one attached hydrogen (secondary N) is 2. The minimum absolute atomic E-state index is 0.338. The second-order valence-electron chi connectivity index (χ2n) is 3.75. The Bertz CT molecular complexity index is 459. The molecule has 0 amide bonds. The number of H-pyrrole nitrogens is 1. The highest BCUT2D eigenvalue weighted by Crippen LogP contribution is 2.09. The first-order chi connectivity index (χ1) is 7.16. The normalized spacial score (nSPS) is 20.7. The van der Waals surface area contributed by atoms with E-state index in [1.54, 1.807) is 10.8 Å². The Kier molecular flexibility index (Phi) is 3.06. The molecule has 6 heteroatoms. The van der Waals surface area contributed by atoms with Crippen molar-refractivity contribution in [2.45, 2.75) is 13.0 Å². The van der Waals surface area contributed by atoms with E-state index in [1.807, 2.05) is 0 Å². The van der Waals surface area contributed by atoms with Gasteiger partial charge < -0.3 is 5.32 Å². The second-order valence-corrected chi connectivity index (χ2v) is 4.60. The van der Waals surface area contributed by atoms with E-state index in [-0.39, 0.29) is 11.2 Å². The molecule has 2 heterocycles. The third kappa shape index (κ3) is 2.38. The van der Waals surface area contributed by atoms with E-state index in [0.29, 0.717) is 16.9 Å².